The number of aliphatic hydroxyl groups is 1. The number of carbonyl (C=O) groups is 1. The number of hydrogen-bond donors (Lipinski definition) is 2. The van der Waals surface area contributed by atoms with Crippen molar-refractivity contribution in [3.63, 3.8) is 0 Å². The molecule has 18 heavy (non-hydrogen) atoms. The van der Waals surface area contributed by atoms with E-state index in [1.807, 2.05) is 0 Å². The Labute approximate surface area is 104 Å². The molecule has 2 atom stereocenters. The predicted molar refractivity (Wildman–Crippen MR) is 61.6 cm³/mol. The first-order chi connectivity index (χ1) is 8.30. The number of carbonyl (C=O) groups excluding carboxylic acids is 1. The molecule has 98 valence electrons. The predicted octanol–water partition coefficient (Wildman–Crippen LogP) is 1.91. The van der Waals surface area contributed by atoms with E-state index in [1.165, 1.54) is 12.1 Å². The lowest BCUT2D eigenvalue weighted by Gasteiger charge is -2.38. The Kier molecular flexibility index (Phi) is 3.11. The van der Waals surface area contributed by atoms with Crippen molar-refractivity contribution >= 4 is 5.91 Å². The maximum Gasteiger partial charge on any atom is 0.228 e. The fourth-order valence-electron chi connectivity index (χ4n) is 2.07. The fourth-order valence-corrected chi connectivity index (χ4v) is 2.07. The minimum Gasteiger partial charge on any atom is -0.392 e. The largest absolute Gasteiger partial charge is 0.392 e. The molecule has 1 aliphatic rings. The lowest BCUT2D eigenvalue weighted by atomic mass is 9.77. The highest BCUT2D eigenvalue weighted by Gasteiger charge is 2.42. The van der Waals surface area contributed by atoms with Gasteiger partial charge in [-0.2, -0.15) is 0 Å². The highest BCUT2D eigenvalue weighted by molar-refractivity contribution is 5.83. The van der Waals surface area contributed by atoms with Gasteiger partial charge in [0.05, 0.1) is 17.6 Å². The quantitative estimate of drug-likeness (QED) is 0.805. The maximum absolute atomic E-state index is 13.1. The molecule has 2 N–H and O–H groups in total. The van der Waals surface area contributed by atoms with Crippen LogP contribution in [0.15, 0.2) is 18.2 Å². The van der Waals surface area contributed by atoms with Crippen LogP contribution in [0.25, 0.3) is 0 Å². The summed E-state index contributed by atoms with van der Waals surface area (Å²) in [7, 11) is 0. The third kappa shape index (κ3) is 2.22. The Hall–Kier alpha value is -1.49. The smallest absolute Gasteiger partial charge is 0.228 e. The van der Waals surface area contributed by atoms with Crippen LogP contribution in [0.3, 0.4) is 0 Å². The van der Waals surface area contributed by atoms with Crippen molar-refractivity contribution in [1.82, 2.24) is 5.32 Å². The average molecular weight is 255 g/mol. The average Bonchev–Trinajstić information content (AvgIpc) is 2.24. The molecule has 0 saturated carbocycles. The van der Waals surface area contributed by atoms with Crippen LogP contribution in [0.4, 0.5) is 8.78 Å². The van der Waals surface area contributed by atoms with Gasteiger partial charge in [-0.15, -0.1) is 0 Å². The summed E-state index contributed by atoms with van der Waals surface area (Å²) in [5, 5.41) is 12.6. The van der Waals surface area contributed by atoms with Crippen molar-refractivity contribution in [3.05, 3.63) is 35.4 Å². The van der Waals surface area contributed by atoms with E-state index in [-0.39, 0.29) is 12.3 Å². The molecule has 0 aliphatic carbocycles. The molecule has 1 fully saturated rings. The van der Waals surface area contributed by atoms with Gasteiger partial charge in [0, 0.05) is 6.07 Å². The molecule has 1 aromatic rings. The molecule has 2 rings (SSSR count). The molecular weight excluding hydrogens is 240 g/mol. The van der Waals surface area contributed by atoms with Crippen molar-refractivity contribution in [1.29, 1.82) is 0 Å². The van der Waals surface area contributed by atoms with E-state index >= 15 is 0 Å². The van der Waals surface area contributed by atoms with Gasteiger partial charge in [-0.05, 0) is 38.0 Å². The number of amides is 1. The second-order valence-corrected chi connectivity index (χ2v) is 5.20. The van der Waals surface area contributed by atoms with E-state index in [1.54, 1.807) is 13.8 Å². The monoisotopic (exact) mass is 255 g/mol. The summed E-state index contributed by atoms with van der Waals surface area (Å²) in [6, 6.07) is 2.54. The van der Waals surface area contributed by atoms with Crippen LogP contribution < -0.4 is 5.32 Å². The van der Waals surface area contributed by atoms with Crippen LogP contribution in [-0.4, -0.2) is 17.1 Å². The number of hydrogen-bond acceptors (Lipinski definition) is 2. The first-order valence-corrected chi connectivity index (χ1v) is 5.75. The van der Waals surface area contributed by atoms with E-state index in [0.717, 1.165) is 6.07 Å². The van der Waals surface area contributed by atoms with Gasteiger partial charge in [0.15, 0.2) is 0 Å². The lowest BCUT2D eigenvalue weighted by Crippen LogP contribution is -2.52. The van der Waals surface area contributed by atoms with E-state index in [9.17, 15) is 18.7 Å². The van der Waals surface area contributed by atoms with Gasteiger partial charge in [0.1, 0.15) is 11.6 Å². The summed E-state index contributed by atoms with van der Waals surface area (Å²) in [5.41, 5.74) is -0.557. The first-order valence-electron chi connectivity index (χ1n) is 5.75. The molecule has 1 saturated heterocycles. The van der Waals surface area contributed by atoms with Crippen molar-refractivity contribution < 1.29 is 18.7 Å². The maximum atomic E-state index is 13.1. The Morgan fingerprint density at radius 1 is 1.28 bits per heavy atom. The van der Waals surface area contributed by atoms with Crippen molar-refractivity contribution in [3.8, 4) is 0 Å². The molecule has 1 aromatic carbocycles. The van der Waals surface area contributed by atoms with Crippen LogP contribution in [0.5, 0.6) is 0 Å². The molecule has 1 heterocycles. The third-order valence-electron chi connectivity index (χ3n) is 3.47. The highest BCUT2D eigenvalue weighted by atomic mass is 19.1. The van der Waals surface area contributed by atoms with E-state index in [0.29, 0.717) is 5.56 Å². The van der Waals surface area contributed by atoms with Crippen LogP contribution in [0.2, 0.25) is 0 Å². The van der Waals surface area contributed by atoms with Crippen molar-refractivity contribution in [2.75, 3.05) is 0 Å². The Balaban J connectivity index is 2.28. The van der Waals surface area contributed by atoms with Gasteiger partial charge in [0.2, 0.25) is 5.91 Å². The van der Waals surface area contributed by atoms with E-state index in [4.69, 9.17) is 0 Å². The summed E-state index contributed by atoms with van der Waals surface area (Å²) in [4.78, 5) is 11.8. The molecule has 1 amide bonds. The molecule has 0 spiro atoms. The lowest BCUT2D eigenvalue weighted by molar-refractivity contribution is -0.141. The number of aliphatic hydroxyl groups excluding tert-OH is 1. The summed E-state index contributed by atoms with van der Waals surface area (Å²) >= 11 is 0. The van der Waals surface area contributed by atoms with Gasteiger partial charge in [-0.1, -0.05) is 0 Å². The van der Waals surface area contributed by atoms with Gasteiger partial charge in [0.25, 0.3) is 0 Å². The zero-order chi connectivity index (χ0) is 13.5. The van der Waals surface area contributed by atoms with Crippen LogP contribution in [0, 0.1) is 17.0 Å². The topological polar surface area (TPSA) is 49.3 Å². The molecule has 1 aliphatic heterocycles. The molecule has 0 bridgehead atoms. The van der Waals surface area contributed by atoms with Gasteiger partial charge in [-0.3, -0.25) is 4.79 Å². The van der Waals surface area contributed by atoms with E-state index in [2.05, 4.69) is 5.32 Å². The highest BCUT2D eigenvalue weighted by Crippen LogP contribution is 2.34. The third-order valence-corrected chi connectivity index (χ3v) is 3.47. The summed E-state index contributed by atoms with van der Waals surface area (Å²) in [6.07, 6.45) is -0.607. The SMILES string of the molecule is CC1(C)C(=O)N[C@@H](c2cc(F)cc(F)c2)C[C@H]1O. The zero-order valence-corrected chi connectivity index (χ0v) is 10.2. The minimum absolute atomic E-state index is 0.238. The number of benzene rings is 1. The Morgan fingerprint density at radius 2 is 1.83 bits per heavy atom. The minimum atomic E-state index is -0.887. The molecule has 5 heteroatoms. The number of halogens is 2. The summed E-state index contributed by atoms with van der Waals surface area (Å²) in [6.45, 7) is 3.27. The molecular formula is C13H15F2NO2. The van der Waals surface area contributed by atoms with Crippen LogP contribution >= 0.6 is 0 Å². The number of nitrogens with one attached hydrogen (secondary N) is 1. The zero-order valence-electron chi connectivity index (χ0n) is 10.2. The van der Waals surface area contributed by atoms with Gasteiger partial charge < -0.3 is 10.4 Å². The summed E-state index contributed by atoms with van der Waals surface area (Å²) < 4.78 is 26.2. The van der Waals surface area contributed by atoms with Crippen LogP contribution in [-0.2, 0) is 4.79 Å². The Morgan fingerprint density at radius 3 is 2.33 bits per heavy atom. The van der Waals surface area contributed by atoms with Gasteiger partial charge in [-0.25, -0.2) is 8.78 Å². The number of piperidine rings is 1. The molecule has 0 aromatic heterocycles. The molecule has 0 unspecified atom stereocenters. The van der Waals surface area contributed by atoms with Gasteiger partial charge >= 0.3 is 0 Å². The second kappa shape index (κ2) is 4.31. The molecule has 3 nitrogen and oxygen atoms in total. The number of rotatable bonds is 1. The second-order valence-electron chi connectivity index (χ2n) is 5.20. The first kappa shape index (κ1) is 13.0. The normalized spacial score (nSPS) is 26.8. The summed E-state index contributed by atoms with van der Waals surface area (Å²) in [5.74, 6) is -1.71. The fraction of sp³-hybridized carbons (Fsp3) is 0.462. The van der Waals surface area contributed by atoms with Crippen molar-refractivity contribution in [2.45, 2.75) is 32.4 Å². The Bertz CT molecular complexity index is 468. The standard InChI is InChI=1S/C13H15F2NO2/c1-13(2)11(17)6-10(16-12(13)18)7-3-8(14)5-9(15)4-7/h3-5,10-11,17H,6H2,1-2H3,(H,16,18)/t10-,11-/m1/s1. The molecule has 0 radical (unpaired) electrons. The van der Waals surface area contributed by atoms with Crippen LogP contribution in [0.1, 0.15) is 31.9 Å². The van der Waals surface area contributed by atoms with Crippen molar-refractivity contribution in [2.24, 2.45) is 5.41 Å². The van der Waals surface area contributed by atoms with E-state index < -0.39 is 29.2 Å².